The Morgan fingerprint density at radius 3 is 2.70 bits per heavy atom. The van der Waals surface area contributed by atoms with Crippen molar-refractivity contribution >= 4 is 33.0 Å². The summed E-state index contributed by atoms with van der Waals surface area (Å²) in [4.78, 5) is 17.9. The van der Waals surface area contributed by atoms with E-state index in [4.69, 9.17) is 4.98 Å². The minimum atomic E-state index is -0.292. The predicted octanol–water partition coefficient (Wildman–Crippen LogP) is 5.48. The summed E-state index contributed by atoms with van der Waals surface area (Å²) in [5.41, 5.74) is 2.00. The zero-order valence-corrected chi connectivity index (χ0v) is 18.2. The first-order valence-corrected chi connectivity index (χ1v) is 10.5. The summed E-state index contributed by atoms with van der Waals surface area (Å²) < 4.78 is 17.3. The van der Waals surface area contributed by atoms with Crippen molar-refractivity contribution in [3.63, 3.8) is 0 Å². The molecule has 152 valence electrons. The van der Waals surface area contributed by atoms with E-state index in [0.29, 0.717) is 16.7 Å². The van der Waals surface area contributed by atoms with Crippen LogP contribution in [0, 0.1) is 5.82 Å². The summed E-state index contributed by atoms with van der Waals surface area (Å²) in [7, 11) is 0. The molecule has 30 heavy (non-hydrogen) atoms. The standard InChI is InChI=1S/C23H20BrFN4O/c1-3-15(2)22-27-21-11-6-16(24)13-20(21)23(30)29(22)26-14-19-5-4-12-28(19)18-9-7-17(25)8-10-18/h4-15H,3H2,1-2H3/t15-/m1/s1. The molecule has 0 unspecified atom stereocenters. The number of fused-ring (bicyclic) bond motifs is 1. The van der Waals surface area contributed by atoms with Gasteiger partial charge in [0.05, 0.1) is 22.8 Å². The molecule has 0 spiro atoms. The van der Waals surface area contributed by atoms with Crippen LogP contribution in [0.3, 0.4) is 0 Å². The SMILES string of the molecule is CC[C@@H](C)c1nc2ccc(Br)cc2c(=O)n1N=Cc1cccn1-c1ccc(F)cc1. The number of hydrogen-bond donors (Lipinski definition) is 0. The van der Waals surface area contributed by atoms with Gasteiger partial charge in [0.1, 0.15) is 11.6 Å². The van der Waals surface area contributed by atoms with Gasteiger partial charge in [-0.05, 0) is 61.0 Å². The van der Waals surface area contributed by atoms with E-state index >= 15 is 0 Å². The van der Waals surface area contributed by atoms with Gasteiger partial charge in [-0.15, -0.1) is 0 Å². The maximum Gasteiger partial charge on any atom is 0.282 e. The molecule has 0 amide bonds. The molecule has 0 aliphatic carbocycles. The minimum Gasteiger partial charge on any atom is -0.316 e. The fourth-order valence-corrected chi connectivity index (χ4v) is 3.59. The van der Waals surface area contributed by atoms with E-state index in [1.807, 2.05) is 42.0 Å². The van der Waals surface area contributed by atoms with E-state index in [0.717, 1.165) is 22.3 Å². The number of halogens is 2. The van der Waals surface area contributed by atoms with Gasteiger partial charge in [0.2, 0.25) is 0 Å². The smallest absolute Gasteiger partial charge is 0.282 e. The second-order valence-corrected chi connectivity index (χ2v) is 8.00. The number of aromatic nitrogens is 3. The van der Waals surface area contributed by atoms with E-state index in [1.54, 1.807) is 24.4 Å². The Bertz CT molecular complexity index is 1290. The summed E-state index contributed by atoms with van der Waals surface area (Å²) in [6, 6.07) is 15.4. The summed E-state index contributed by atoms with van der Waals surface area (Å²) in [6.45, 7) is 4.08. The minimum absolute atomic E-state index is 0.0618. The van der Waals surface area contributed by atoms with E-state index in [1.165, 1.54) is 16.8 Å². The highest BCUT2D eigenvalue weighted by molar-refractivity contribution is 9.10. The van der Waals surface area contributed by atoms with E-state index in [-0.39, 0.29) is 17.3 Å². The second-order valence-electron chi connectivity index (χ2n) is 7.08. The summed E-state index contributed by atoms with van der Waals surface area (Å²) in [5.74, 6) is 0.388. The van der Waals surface area contributed by atoms with Crippen molar-refractivity contribution in [2.24, 2.45) is 5.10 Å². The maximum atomic E-state index is 13.3. The molecule has 0 aliphatic heterocycles. The molecule has 0 aliphatic rings. The van der Waals surface area contributed by atoms with Crippen LogP contribution in [0.1, 0.15) is 37.7 Å². The first-order valence-electron chi connectivity index (χ1n) is 9.67. The Morgan fingerprint density at radius 2 is 1.97 bits per heavy atom. The number of hydrogen-bond acceptors (Lipinski definition) is 3. The Kier molecular flexibility index (Phi) is 5.63. The van der Waals surface area contributed by atoms with E-state index < -0.39 is 0 Å². The van der Waals surface area contributed by atoms with Crippen LogP contribution in [0.5, 0.6) is 0 Å². The fraction of sp³-hybridized carbons (Fsp3) is 0.174. The van der Waals surface area contributed by atoms with Gasteiger partial charge in [0.15, 0.2) is 0 Å². The Labute approximate surface area is 181 Å². The fourth-order valence-electron chi connectivity index (χ4n) is 3.23. The van der Waals surface area contributed by atoms with Crippen LogP contribution in [0.25, 0.3) is 16.6 Å². The van der Waals surface area contributed by atoms with Crippen molar-refractivity contribution in [3.8, 4) is 5.69 Å². The molecule has 7 heteroatoms. The third-order valence-electron chi connectivity index (χ3n) is 5.08. The first-order chi connectivity index (χ1) is 14.5. The molecule has 1 atom stereocenters. The lowest BCUT2D eigenvalue weighted by atomic mass is 10.1. The monoisotopic (exact) mass is 466 g/mol. The number of nitrogens with zero attached hydrogens (tertiary/aromatic N) is 4. The molecule has 5 nitrogen and oxygen atoms in total. The highest BCUT2D eigenvalue weighted by Gasteiger charge is 2.15. The summed E-state index contributed by atoms with van der Waals surface area (Å²) >= 11 is 3.42. The summed E-state index contributed by atoms with van der Waals surface area (Å²) in [5, 5.41) is 5.01. The van der Waals surface area contributed by atoms with Crippen LogP contribution in [-0.4, -0.2) is 20.4 Å². The summed E-state index contributed by atoms with van der Waals surface area (Å²) in [6.07, 6.45) is 4.32. The Balaban J connectivity index is 1.83. The van der Waals surface area contributed by atoms with Crippen LogP contribution in [0.2, 0.25) is 0 Å². The van der Waals surface area contributed by atoms with Gasteiger partial charge in [-0.25, -0.2) is 9.37 Å². The quantitative estimate of drug-likeness (QED) is 0.365. The topological polar surface area (TPSA) is 52.2 Å². The van der Waals surface area contributed by atoms with Gasteiger partial charge in [-0.1, -0.05) is 29.8 Å². The van der Waals surface area contributed by atoms with Gasteiger partial charge in [-0.2, -0.15) is 9.78 Å². The third kappa shape index (κ3) is 3.85. The second kappa shape index (κ2) is 8.36. The zero-order valence-electron chi connectivity index (χ0n) is 16.6. The molecule has 0 radical (unpaired) electrons. The molecule has 0 N–H and O–H groups in total. The van der Waals surface area contributed by atoms with Crippen molar-refractivity contribution in [2.45, 2.75) is 26.2 Å². The van der Waals surface area contributed by atoms with Gasteiger partial charge in [-0.3, -0.25) is 4.79 Å². The molecule has 0 fully saturated rings. The van der Waals surface area contributed by atoms with Crippen LogP contribution in [-0.2, 0) is 0 Å². The Morgan fingerprint density at radius 1 is 1.20 bits per heavy atom. The largest absolute Gasteiger partial charge is 0.316 e. The van der Waals surface area contributed by atoms with Crippen molar-refractivity contribution in [3.05, 3.63) is 93.0 Å². The maximum absolute atomic E-state index is 13.3. The molecule has 0 bridgehead atoms. The normalized spacial score (nSPS) is 12.7. The van der Waals surface area contributed by atoms with Crippen molar-refractivity contribution in [1.82, 2.24) is 14.2 Å². The van der Waals surface area contributed by atoms with E-state index in [2.05, 4.69) is 28.0 Å². The zero-order chi connectivity index (χ0) is 21.3. The predicted molar refractivity (Wildman–Crippen MR) is 121 cm³/mol. The Hall–Kier alpha value is -3.06. The molecular formula is C23H20BrFN4O. The van der Waals surface area contributed by atoms with Crippen molar-refractivity contribution < 1.29 is 4.39 Å². The third-order valence-corrected chi connectivity index (χ3v) is 5.57. The lowest BCUT2D eigenvalue weighted by Crippen LogP contribution is -2.23. The van der Waals surface area contributed by atoms with Crippen LogP contribution < -0.4 is 5.56 Å². The van der Waals surface area contributed by atoms with E-state index in [9.17, 15) is 9.18 Å². The molecule has 4 rings (SSSR count). The van der Waals surface area contributed by atoms with Gasteiger partial charge in [0, 0.05) is 22.3 Å². The molecule has 0 saturated carbocycles. The average molecular weight is 467 g/mol. The lowest BCUT2D eigenvalue weighted by Gasteiger charge is -2.14. The van der Waals surface area contributed by atoms with Crippen LogP contribution in [0.4, 0.5) is 4.39 Å². The molecule has 2 aromatic carbocycles. The molecule has 2 heterocycles. The van der Waals surface area contributed by atoms with Gasteiger partial charge < -0.3 is 4.57 Å². The first kappa shape index (κ1) is 20.2. The van der Waals surface area contributed by atoms with Crippen LogP contribution >= 0.6 is 15.9 Å². The van der Waals surface area contributed by atoms with Crippen molar-refractivity contribution in [1.29, 1.82) is 0 Å². The molecule has 0 saturated heterocycles. The highest BCUT2D eigenvalue weighted by atomic mass is 79.9. The van der Waals surface area contributed by atoms with Gasteiger partial charge in [0.25, 0.3) is 5.56 Å². The highest BCUT2D eigenvalue weighted by Crippen LogP contribution is 2.21. The van der Waals surface area contributed by atoms with Crippen LogP contribution in [0.15, 0.2) is 75.2 Å². The van der Waals surface area contributed by atoms with Crippen molar-refractivity contribution in [2.75, 3.05) is 0 Å². The number of benzene rings is 2. The average Bonchev–Trinajstić information content (AvgIpc) is 3.22. The van der Waals surface area contributed by atoms with Gasteiger partial charge >= 0.3 is 0 Å². The molecule has 4 aromatic rings. The molecule has 2 aromatic heterocycles. The lowest BCUT2D eigenvalue weighted by molar-refractivity contribution is 0.613. The molecular weight excluding hydrogens is 447 g/mol. The number of rotatable bonds is 5.